The third-order valence-electron chi connectivity index (χ3n) is 5.30. The van der Waals surface area contributed by atoms with Gasteiger partial charge < -0.3 is 14.8 Å². The quantitative estimate of drug-likeness (QED) is 0.354. The minimum atomic E-state index is -4.93. The summed E-state index contributed by atoms with van der Waals surface area (Å²) in [6, 6.07) is 3.76. The maximum absolute atomic E-state index is 14.1. The van der Waals surface area contributed by atoms with Crippen LogP contribution in [0.25, 0.3) is 0 Å². The molecule has 0 radical (unpaired) electrons. The van der Waals surface area contributed by atoms with E-state index in [1.807, 2.05) is 0 Å². The average molecular weight is 503 g/mol. The van der Waals surface area contributed by atoms with E-state index in [4.69, 9.17) is 16.3 Å². The summed E-state index contributed by atoms with van der Waals surface area (Å²) in [5.74, 6) is -2.56. The number of aromatic nitrogens is 2. The van der Waals surface area contributed by atoms with E-state index >= 15 is 0 Å². The molecule has 0 bridgehead atoms. The zero-order valence-corrected chi connectivity index (χ0v) is 18.6. The number of carbonyl (C=O) groups excluding carboxylic acids is 2. The van der Waals surface area contributed by atoms with Crippen molar-refractivity contribution in [1.82, 2.24) is 15.3 Å². The van der Waals surface area contributed by atoms with Gasteiger partial charge in [-0.05, 0) is 37.1 Å². The highest BCUT2D eigenvalue weighted by Gasteiger charge is 2.47. The number of hydrogen-bond donors (Lipinski definition) is 1. The lowest BCUT2D eigenvalue weighted by molar-refractivity contribution is -0.274. The molecule has 0 saturated carbocycles. The molecule has 1 aromatic carbocycles. The van der Waals surface area contributed by atoms with E-state index in [-0.39, 0.29) is 17.3 Å². The smallest absolute Gasteiger partial charge is 0.406 e. The van der Waals surface area contributed by atoms with E-state index in [0.717, 1.165) is 29.2 Å². The largest absolute Gasteiger partial charge is 0.573 e. The molecule has 1 N–H and O–H groups in total. The minimum absolute atomic E-state index is 0.101. The summed E-state index contributed by atoms with van der Waals surface area (Å²) >= 11 is 5.47. The molecule has 3 rings (SSSR count). The first-order chi connectivity index (χ1) is 16.0. The van der Waals surface area contributed by atoms with Crippen molar-refractivity contribution in [3.63, 3.8) is 0 Å². The Morgan fingerprint density at radius 2 is 1.76 bits per heavy atom. The highest BCUT2D eigenvalue weighted by Crippen LogP contribution is 2.34. The summed E-state index contributed by atoms with van der Waals surface area (Å²) < 4.78 is 60.9. The minimum Gasteiger partial charge on any atom is -0.406 e. The summed E-state index contributed by atoms with van der Waals surface area (Å²) in [6.07, 6.45) is -0.137. The SMILES string of the molecule is B[C@@](C(=O)NC1CCOCC1)(c1cncnc1)N(C(=O)[C@H](F)Cl)c1ccc(OC(F)(F)F)cc1. The number of halogens is 5. The molecule has 0 aliphatic carbocycles. The molecule has 1 aromatic heterocycles. The third kappa shape index (κ3) is 5.95. The van der Waals surface area contributed by atoms with Crippen molar-refractivity contribution in [2.24, 2.45) is 0 Å². The van der Waals surface area contributed by atoms with Gasteiger partial charge in [0.05, 0.1) is 0 Å². The lowest BCUT2D eigenvalue weighted by atomic mass is 9.70. The number of amides is 2. The monoisotopic (exact) mass is 502 g/mol. The fraction of sp³-hybridized carbons (Fsp3) is 0.400. The Balaban J connectivity index is 2.07. The van der Waals surface area contributed by atoms with Crippen molar-refractivity contribution in [2.45, 2.75) is 36.3 Å². The van der Waals surface area contributed by atoms with Gasteiger partial charge in [0, 0.05) is 42.9 Å². The molecule has 0 unspecified atom stereocenters. The molecule has 1 aliphatic rings. The highest BCUT2D eigenvalue weighted by atomic mass is 35.5. The van der Waals surface area contributed by atoms with Crippen LogP contribution in [0.2, 0.25) is 0 Å². The van der Waals surface area contributed by atoms with Crippen LogP contribution in [0.4, 0.5) is 23.2 Å². The number of ether oxygens (including phenoxy) is 2. The number of alkyl halides is 5. The van der Waals surface area contributed by atoms with Crippen molar-refractivity contribution in [3.05, 3.63) is 48.5 Å². The van der Waals surface area contributed by atoms with E-state index in [2.05, 4.69) is 20.0 Å². The van der Waals surface area contributed by atoms with E-state index < -0.39 is 35.0 Å². The maximum Gasteiger partial charge on any atom is 0.573 e. The summed E-state index contributed by atoms with van der Waals surface area (Å²) in [5.41, 5.74) is -4.44. The molecule has 1 fully saturated rings. The van der Waals surface area contributed by atoms with Crippen molar-refractivity contribution < 1.29 is 36.6 Å². The zero-order chi connectivity index (χ0) is 24.9. The van der Waals surface area contributed by atoms with Gasteiger partial charge in [0.15, 0.2) is 7.85 Å². The number of nitrogens with zero attached hydrogens (tertiary/aromatic N) is 3. The van der Waals surface area contributed by atoms with E-state index in [1.165, 1.54) is 26.6 Å². The maximum atomic E-state index is 14.1. The van der Waals surface area contributed by atoms with Crippen molar-refractivity contribution >= 4 is 36.9 Å². The molecule has 182 valence electrons. The van der Waals surface area contributed by atoms with Crippen LogP contribution in [-0.2, 0) is 19.8 Å². The second kappa shape index (κ2) is 10.6. The molecule has 34 heavy (non-hydrogen) atoms. The first kappa shape index (κ1) is 25.7. The van der Waals surface area contributed by atoms with Gasteiger partial charge in [-0.25, -0.2) is 14.4 Å². The van der Waals surface area contributed by atoms with Crippen LogP contribution in [0.3, 0.4) is 0 Å². The van der Waals surface area contributed by atoms with Crippen LogP contribution >= 0.6 is 11.6 Å². The Morgan fingerprint density at radius 3 is 2.29 bits per heavy atom. The molecule has 2 heterocycles. The van der Waals surface area contributed by atoms with Crippen LogP contribution in [0.5, 0.6) is 5.75 Å². The zero-order valence-electron chi connectivity index (χ0n) is 17.9. The number of nitrogens with one attached hydrogen (secondary N) is 1. The van der Waals surface area contributed by atoms with Crippen LogP contribution < -0.4 is 15.0 Å². The molecule has 1 saturated heterocycles. The van der Waals surface area contributed by atoms with Crippen LogP contribution in [0, 0.1) is 0 Å². The van der Waals surface area contributed by atoms with Gasteiger partial charge in [-0.1, -0.05) is 11.6 Å². The van der Waals surface area contributed by atoms with Gasteiger partial charge >= 0.3 is 6.36 Å². The van der Waals surface area contributed by atoms with Gasteiger partial charge in [0.1, 0.15) is 17.5 Å². The Labute approximate surface area is 198 Å². The van der Waals surface area contributed by atoms with Gasteiger partial charge in [-0.15, -0.1) is 13.2 Å². The second-order valence-corrected chi connectivity index (χ2v) is 7.96. The number of anilines is 1. The lowest BCUT2D eigenvalue weighted by Crippen LogP contribution is -2.62. The fourth-order valence-corrected chi connectivity index (χ4v) is 3.68. The van der Waals surface area contributed by atoms with E-state index in [1.54, 1.807) is 0 Å². The Bertz CT molecular complexity index is 994. The van der Waals surface area contributed by atoms with Crippen LogP contribution in [-0.4, -0.2) is 60.9 Å². The second-order valence-electron chi connectivity index (χ2n) is 7.58. The van der Waals surface area contributed by atoms with Crippen LogP contribution in [0.1, 0.15) is 18.4 Å². The Kier molecular flexibility index (Phi) is 7.98. The van der Waals surface area contributed by atoms with Gasteiger partial charge in [-0.3, -0.25) is 14.5 Å². The molecule has 2 atom stereocenters. The first-order valence-corrected chi connectivity index (χ1v) is 10.6. The van der Waals surface area contributed by atoms with Crippen LogP contribution in [0.15, 0.2) is 43.0 Å². The predicted molar refractivity (Wildman–Crippen MR) is 116 cm³/mol. The molecule has 1 aliphatic heterocycles. The summed E-state index contributed by atoms with van der Waals surface area (Å²) in [7, 11) is 1.34. The number of hydrogen-bond acceptors (Lipinski definition) is 6. The summed E-state index contributed by atoms with van der Waals surface area (Å²) in [4.78, 5) is 35.1. The standard InChI is InChI=1S/C20H20BClF4N4O4/c21-19(12-9-27-11-28-10-12,18(32)29-13-5-7-33-8-6-13)30(17(31)16(22)23)14-1-3-15(4-2-14)34-20(24,25)26/h1-4,9-11,13,16H,5-8,21H2,(H,29,32)/t16-,19-/m0/s1. The molecule has 14 heteroatoms. The van der Waals surface area contributed by atoms with E-state index in [9.17, 15) is 27.2 Å². The topological polar surface area (TPSA) is 93.6 Å². The first-order valence-electron chi connectivity index (χ1n) is 10.1. The summed E-state index contributed by atoms with van der Waals surface area (Å²) in [5, 5.41) is 2.84. The van der Waals surface area contributed by atoms with Crippen molar-refractivity contribution in [1.29, 1.82) is 0 Å². The van der Waals surface area contributed by atoms with Gasteiger partial charge in [0.2, 0.25) is 5.91 Å². The Hall–Kier alpha value is -2.93. The van der Waals surface area contributed by atoms with Crippen molar-refractivity contribution in [2.75, 3.05) is 18.1 Å². The van der Waals surface area contributed by atoms with Gasteiger partial charge in [0.25, 0.3) is 11.5 Å². The predicted octanol–water partition coefficient (Wildman–Crippen LogP) is 2.02. The fourth-order valence-electron chi connectivity index (χ4n) is 3.58. The lowest BCUT2D eigenvalue weighted by Gasteiger charge is -2.41. The molecule has 2 amide bonds. The molecule has 0 spiro atoms. The number of rotatable bonds is 7. The average Bonchev–Trinajstić information content (AvgIpc) is 2.80. The molecular weight excluding hydrogens is 483 g/mol. The molecule has 8 nitrogen and oxygen atoms in total. The number of benzene rings is 1. The highest BCUT2D eigenvalue weighted by molar-refractivity contribution is 6.37. The van der Waals surface area contributed by atoms with E-state index in [0.29, 0.717) is 26.1 Å². The van der Waals surface area contributed by atoms with Crippen molar-refractivity contribution in [3.8, 4) is 5.75 Å². The Morgan fingerprint density at radius 1 is 1.18 bits per heavy atom. The molecule has 2 aromatic rings. The summed E-state index contributed by atoms with van der Waals surface area (Å²) in [6.45, 7) is 0.849. The molecular formula is C20H20BClF4N4O4. The third-order valence-corrected chi connectivity index (χ3v) is 5.49. The van der Waals surface area contributed by atoms with Gasteiger partial charge in [-0.2, -0.15) is 0 Å². The number of carbonyl (C=O) groups is 2. The normalized spacial score (nSPS) is 17.3.